The van der Waals surface area contributed by atoms with Gasteiger partial charge in [-0.05, 0) is 26.8 Å². The number of nitrogens with two attached hydrogens (primary N) is 1. The molecule has 0 saturated heterocycles. The third-order valence-corrected chi connectivity index (χ3v) is 2.72. The first-order valence-corrected chi connectivity index (χ1v) is 6.01. The van der Waals surface area contributed by atoms with Gasteiger partial charge < -0.3 is 5.73 Å². The zero-order valence-corrected chi connectivity index (χ0v) is 10.9. The lowest BCUT2D eigenvalue weighted by atomic mass is 10.1. The standard InChI is InChI=1S/C12H18N6/c1-8(2)18-12(15-7-16-18)6-10(13)11-4-5-14-9(3)17-11/h4-5,7-8,10H,6,13H2,1-3H3. The van der Waals surface area contributed by atoms with Crippen LogP contribution in [0.4, 0.5) is 0 Å². The van der Waals surface area contributed by atoms with Gasteiger partial charge in [0.05, 0.1) is 11.7 Å². The van der Waals surface area contributed by atoms with Gasteiger partial charge in [-0.25, -0.2) is 19.6 Å². The van der Waals surface area contributed by atoms with Crippen molar-refractivity contribution in [3.63, 3.8) is 0 Å². The third-order valence-electron chi connectivity index (χ3n) is 2.72. The fourth-order valence-electron chi connectivity index (χ4n) is 1.83. The van der Waals surface area contributed by atoms with Crippen LogP contribution in [0.3, 0.4) is 0 Å². The van der Waals surface area contributed by atoms with Gasteiger partial charge in [-0.15, -0.1) is 0 Å². The highest BCUT2D eigenvalue weighted by atomic mass is 15.3. The second-order valence-corrected chi connectivity index (χ2v) is 4.55. The SMILES string of the molecule is Cc1nccc(C(N)Cc2ncnn2C(C)C)n1. The van der Waals surface area contributed by atoms with Crippen molar-refractivity contribution in [2.24, 2.45) is 5.73 Å². The molecule has 2 heterocycles. The lowest BCUT2D eigenvalue weighted by Gasteiger charge is -2.13. The molecule has 1 unspecified atom stereocenters. The molecule has 96 valence electrons. The van der Waals surface area contributed by atoms with Crippen LogP contribution in [0.1, 0.15) is 43.3 Å². The summed E-state index contributed by atoms with van der Waals surface area (Å²) in [6.45, 7) is 5.99. The van der Waals surface area contributed by atoms with Crippen molar-refractivity contribution < 1.29 is 0 Å². The summed E-state index contributed by atoms with van der Waals surface area (Å²) in [5.41, 5.74) is 6.99. The first-order chi connectivity index (χ1) is 8.58. The second-order valence-electron chi connectivity index (χ2n) is 4.55. The Labute approximate surface area is 106 Å². The lowest BCUT2D eigenvalue weighted by Crippen LogP contribution is -2.19. The molecule has 0 aliphatic heterocycles. The number of hydrogen-bond donors (Lipinski definition) is 1. The average Bonchev–Trinajstić information content (AvgIpc) is 2.77. The van der Waals surface area contributed by atoms with Crippen molar-refractivity contribution in [2.75, 3.05) is 0 Å². The average molecular weight is 246 g/mol. The Morgan fingerprint density at radius 3 is 2.78 bits per heavy atom. The Hall–Kier alpha value is -1.82. The van der Waals surface area contributed by atoms with Crippen molar-refractivity contribution in [3.05, 3.63) is 35.9 Å². The summed E-state index contributed by atoms with van der Waals surface area (Å²) >= 11 is 0. The maximum Gasteiger partial charge on any atom is 0.138 e. The summed E-state index contributed by atoms with van der Waals surface area (Å²) in [6, 6.07) is 1.93. The van der Waals surface area contributed by atoms with Crippen LogP contribution in [0.2, 0.25) is 0 Å². The number of aryl methyl sites for hydroxylation is 1. The van der Waals surface area contributed by atoms with E-state index in [-0.39, 0.29) is 12.1 Å². The molecule has 0 bridgehead atoms. The van der Waals surface area contributed by atoms with Crippen LogP contribution in [0.15, 0.2) is 18.6 Å². The highest BCUT2D eigenvalue weighted by molar-refractivity contribution is 5.09. The molecule has 18 heavy (non-hydrogen) atoms. The molecule has 0 aliphatic rings. The molecule has 0 saturated carbocycles. The van der Waals surface area contributed by atoms with E-state index in [1.807, 2.05) is 17.7 Å². The van der Waals surface area contributed by atoms with Gasteiger partial charge in [-0.3, -0.25) is 0 Å². The minimum atomic E-state index is -0.187. The van der Waals surface area contributed by atoms with Crippen LogP contribution in [0, 0.1) is 6.92 Å². The quantitative estimate of drug-likeness (QED) is 0.876. The number of nitrogens with zero attached hydrogens (tertiary/aromatic N) is 5. The summed E-state index contributed by atoms with van der Waals surface area (Å²) in [4.78, 5) is 12.7. The summed E-state index contributed by atoms with van der Waals surface area (Å²) < 4.78 is 1.88. The Bertz CT molecular complexity index is 519. The molecule has 2 aromatic heterocycles. The summed E-state index contributed by atoms with van der Waals surface area (Å²) in [6.07, 6.45) is 3.91. The van der Waals surface area contributed by atoms with E-state index in [4.69, 9.17) is 5.73 Å². The molecular formula is C12H18N6. The van der Waals surface area contributed by atoms with Gasteiger partial charge in [-0.2, -0.15) is 5.10 Å². The van der Waals surface area contributed by atoms with Gasteiger partial charge in [0.15, 0.2) is 0 Å². The fraction of sp³-hybridized carbons (Fsp3) is 0.500. The summed E-state index contributed by atoms with van der Waals surface area (Å²) in [7, 11) is 0. The molecule has 0 spiro atoms. The van der Waals surface area contributed by atoms with E-state index in [1.165, 1.54) is 0 Å². The predicted molar refractivity (Wildman–Crippen MR) is 67.8 cm³/mol. The Morgan fingerprint density at radius 2 is 2.11 bits per heavy atom. The first-order valence-electron chi connectivity index (χ1n) is 6.01. The molecule has 6 heteroatoms. The Kier molecular flexibility index (Phi) is 3.66. The lowest BCUT2D eigenvalue weighted by molar-refractivity contribution is 0.491. The van der Waals surface area contributed by atoms with Gasteiger partial charge in [0.1, 0.15) is 18.0 Å². The van der Waals surface area contributed by atoms with Crippen molar-refractivity contribution >= 4 is 0 Å². The molecule has 6 nitrogen and oxygen atoms in total. The van der Waals surface area contributed by atoms with Gasteiger partial charge >= 0.3 is 0 Å². The molecule has 1 atom stereocenters. The van der Waals surface area contributed by atoms with Gasteiger partial charge in [0, 0.05) is 18.7 Å². The van der Waals surface area contributed by atoms with Crippen LogP contribution in [-0.2, 0) is 6.42 Å². The smallest absolute Gasteiger partial charge is 0.138 e. The van der Waals surface area contributed by atoms with Crippen LogP contribution in [0.5, 0.6) is 0 Å². The van der Waals surface area contributed by atoms with E-state index in [0.29, 0.717) is 6.42 Å². The number of rotatable bonds is 4. The highest BCUT2D eigenvalue weighted by Crippen LogP contribution is 2.14. The van der Waals surface area contributed by atoms with Crippen LogP contribution in [-0.4, -0.2) is 24.7 Å². The van der Waals surface area contributed by atoms with Gasteiger partial charge in [-0.1, -0.05) is 0 Å². The second kappa shape index (κ2) is 5.22. The topological polar surface area (TPSA) is 82.5 Å². The molecule has 0 amide bonds. The molecule has 2 N–H and O–H groups in total. The predicted octanol–water partition coefficient (Wildman–Crippen LogP) is 1.20. The molecule has 2 rings (SSSR count). The largest absolute Gasteiger partial charge is 0.322 e. The van der Waals surface area contributed by atoms with Gasteiger partial charge in [0.25, 0.3) is 0 Å². The normalized spacial score (nSPS) is 12.9. The minimum Gasteiger partial charge on any atom is -0.322 e. The number of hydrogen-bond acceptors (Lipinski definition) is 5. The van der Waals surface area contributed by atoms with E-state index in [0.717, 1.165) is 17.3 Å². The molecule has 0 aliphatic carbocycles. The monoisotopic (exact) mass is 246 g/mol. The van der Waals surface area contributed by atoms with Crippen LogP contribution < -0.4 is 5.73 Å². The Balaban J connectivity index is 2.16. The minimum absolute atomic E-state index is 0.187. The summed E-state index contributed by atoms with van der Waals surface area (Å²) in [5.74, 6) is 1.61. The van der Waals surface area contributed by atoms with Crippen LogP contribution in [0.25, 0.3) is 0 Å². The third kappa shape index (κ3) is 2.70. The highest BCUT2D eigenvalue weighted by Gasteiger charge is 2.14. The van der Waals surface area contributed by atoms with Crippen molar-refractivity contribution in [1.29, 1.82) is 0 Å². The number of aromatic nitrogens is 5. The molecule has 0 radical (unpaired) electrons. The molecule has 0 aromatic carbocycles. The van der Waals surface area contributed by atoms with Crippen molar-refractivity contribution in [2.45, 2.75) is 39.3 Å². The molecule has 0 fully saturated rings. The van der Waals surface area contributed by atoms with Crippen LogP contribution >= 0.6 is 0 Å². The maximum atomic E-state index is 6.15. The van der Waals surface area contributed by atoms with E-state index in [9.17, 15) is 0 Å². The first kappa shape index (κ1) is 12.6. The molecule has 2 aromatic rings. The van der Waals surface area contributed by atoms with E-state index < -0.39 is 0 Å². The van der Waals surface area contributed by atoms with Crippen molar-refractivity contribution in [1.82, 2.24) is 24.7 Å². The zero-order valence-electron chi connectivity index (χ0n) is 10.9. The van der Waals surface area contributed by atoms with Gasteiger partial charge in [0.2, 0.25) is 0 Å². The zero-order chi connectivity index (χ0) is 13.1. The fourth-order valence-corrected chi connectivity index (χ4v) is 1.83. The van der Waals surface area contributed by atoms with E-state index in [1.54, 1.807) is 12.5 Å². The molecular weight excluding hydrogens is 228 g/mol. The van der Waals surface area contributed by atoms with Crippen molar-refractivity contribution in [3.8, 4) is 0 Å². The maximum absolute atomic E-state index is 6.15. The van der Waals surface area contributed by atoms with E-state index >= 15 is 0 Å². The summed E-state index contributed by atoms with van der Waals surface area (Å²) in [5, 5.41) is 4.20. The Morgan fingerprint density at radius 1 is 1.33 bits per heavy atom. The van der Waals surface area contributed by atoms with E-state index in [2.05, 4.69) is 33.9 Å².